The zero-order valence-corrected chi connectivity index (χ0v) is 16.7. The number of hydrazone groups is 1. The molecule has 0 saturated heterocycles. The predicted octanol–water partition coefficient (Wildman–Crippen LogP) is 2.47. The molecular formula is C22H24N6O2. The molecule has 1 amide bonds. The Hall–Kier alpha value is -3.39. The molecule has 1 unspecified atom stereocenters. The van der Waals surface area contributed by atoms with Crippen molar-refractivity contribution >= 4 is 23.9 Å². The largest absolute Gasteiger partial charge is 0.464 e. The topological polar surface area (TPSA) is 107 Å². The number of carbonyl (C=O) groups is 1. The fourth-order valence-electron chi connectivity index (χ4n) is 3.91. The van der Waals surface area contributed by atoms with E-state index in [4.69, 9.17) is 4.42 Å². The first-order valence-corrected chi connectivity index (χ1v) is 10.2. The number of H-pyrrole nitrogens is 1. The average Bonchev–Trinajstić information content (AvgIpc) is 3.10. The first-order valence-electron chi connectivity index (χ1n) is 10.2. The minimum atomic E-state index is -0.515. The summed E-state index contributed by atoms with van der Waals surface area (Å²) >= 11 is 0. The Labute approximate surface area is 174 Å². The van der Waals surface area contributed by atoms with Gasteiger partial charge in [-0.1, -0.05) is 0 Å². The highest BCUT2D eigenvalue weighted by atomic mass is 16.3. The van der Waals surface area contributed by atoms with Gasteiger partial charge in [0.05, 0.1) is 23.4 Å². The molecule has 2 aromatic heterocycles. The summed E-state index contributed by atoms with van der Waals surface area (Å²) in [5.74, 6) is 0.120. The number of furan rings is 1. The lowest BCUT2D eigenvalue weighted by Gasteiger charge is -2.16. The second-order valence-corrected chi connectivity index (χ2v) is 7.74. The van der Waals surface area contributed by atoms with Crippen LogP contribution in [-0.4, -0.2) is 35.4 Å². The number of hydrogen-bond acceptors (Lipinski definition) is 6. The van der Waals surface area contributed by atoms with Gasteiger partial charge in [0, 0.05) is 35.9 Å². The first kappa shape index (κ1) is 18.6. The summed E-state index contributed by atoms with van der Waals surface area (Å²) < 4.78 is 5.77. The lowest BCUT2D eigenvalue weighted by Crippen LogP contribution is -2.32. The fraction of sp³-hybridized carbons (Fsp3) is 0.318. The summed E-state index contributed by atoms with van der Waals surface area (Å²) in [5.41, 5.74) is 8.16. The van der Waals surface area contributed by atoms with Gasteiger partial charge >= 0.3 is 0 Å². The molecule has 154 valence electrons. The molecule has 3 aliphatic rings. The molecule has 0 spiro atoms. The van der Waals surface area contributed by atoms with Crippen molar-refractivity contribution in [2.45, 2.75) is 32.2 Å². The van der Waals surface area contributed by atoms with Crippen LogP contribution in [0.2, 0.25) is 0 Å². The van der Waals surface area contributed by atoms with Crippen molar-refractivity contribution in [2.75, 3.05) is 6.54 Å². The Balaban J connectivity index is 1.51. The van der Waals surface area contributed by atoms with Crippen LogP contribution in [0.3, 0.4) is 0 Å². The van der Waals surface area contributed by atoms with Gasteiger partial charge < -0.3 is 20.0 Å². The van der Waals surface area contributed by atoms with E-state index in [1.165, 1.54) is 18.4 Å². The normalized spacial score (nSPS) is 21.8. The second kappa shape index (κ2) is 7.79. The van der Waals surface area contributed by atoms with Crippen molar-refractivity contribution in [3.8, 4) is 11.3 Å². The molecule has 8 heteroatoms. The van der Waals surface area contributed by atoms with Crippen LogP contribution in [0.15, 0.2) is 51.0 Å². The molecule has 1 aliphatic carbocycles. The number of rotatable bonds is 7. The minimum Gasteiger partial charge on any atom is -0.464 e. The quantitative estimate of drug-likeness (QED) is 0.569. The number of carbonyl (C=O) groups excluding carboxylic acids is 1. The maximum absolute atomic E-state index is 12.1. The number of aromatic nitrogens is 1. The highest BCUT2D eigenvalue weighted by Gasteiger charge is 2.30. The maximum atomic E-state index is 12.1. The Morgan fingerprint density at radius 1 is 1.37 bits per heavy atom. The third-order valence-electron chi connectivity index (χ3n) is 5.57. The fourth-order valence-corrected chi connectivity index (χ4v) is 3.91. The van der Waals surface area contributed by atoms with Gasteiger partial charge in [-0.15, -0.1) is 0 Å². The summed E-state index contributed by atoms with van der Waals surface area (Å²) in [7, 11) is 0. The minimum absolute atomic E-state index is 0.183. The van der Waals surface area contributed by atoms with E-state index in [-0.39, 0.29) is 5.91 Å². The molecule has 2 aromatic rings. The Morgan fingerprint density at radius 2 is 2.27 bits per heavy atom. The summed E-state index contributed by atoms with van der Waals surface area (Å²) in [4.78, 5) is 20.1. The van der Waals surface area contributed by atoms with Crippen LogP contribution < -0.4 is 16.1 Å². The van der Waals surface area contributed by atoms with Crippen LogP contribution in [0.25, 0.3) is 17.4 Å². The van der Waals surface area contributed by atoms with E-state index in [2.05, 4.69) is 38.1 Å². The third-order valence-corrected chi connectivity index (χ3v) is 5.57. The number of allylic oxidation sites excluding steroid dienone is 1. The Kier molecular flexibility index (Phi) is 4.84. The second-order valence-electron chi connectivity index (χ2n) is 7.74. The van der Waals surface area contributed by atoms with E-state index < -0.39 is 5.92 Å². The average molecular weight is 404 g/mol. The van der Waals surface area contributed by atoms with Gasteiger partial charge in [0.25, 0.3) is 5.91 Å². The molecule has 4 N–H and O–H groups in total. The van der Waals surface area contributed by atoms with E-state index in [0.717, 1.165) is 41.4 Å². The van der Waals surface area contributed by atoms with E-state index >= 15 is 0 Å². The Bertz CT molecular complexity index is 1070. The molecule has 5 rings (SSSR count). The third kappa shape index (κ3) is 3.61. The number of aryl methyl sites for hydroxylation is 1. The molecule has 8 nitrogen and oxygen atoms in total. The molecule has 1 atom stereocenters. The van der Waals surface area contributed by atoms with Crippen LogP contribution in [0.5, 0.6) is 0 Å². The number of aromatic amines is 1. The molecule has 2 aliphatic heterocycles. The molecule has 0 radical (unpaired) electrons. The van der Waals surface area contributed by atoms with Crippen LogP contribution in [0, 0.1) is 12.8 Å². The molecule has 0 aromatic carbocycles. The summed E-state index contributed by atoms with van der Waals surface area (Å²) in [6, 6.07) is 4.55. The van der Waals surface area contributed by atoms with E-state index in [0.29, 0.717) is 11.8 Å². The van der Waals surface area contributed by atoms with E-state index in [9.17, 15) is 4.79 Å². The van der Waals surface area contributed by atoms with Crippen molar-refractivity contribution in [3.63, 3.8) is 0 Å². The lowest BCUT2D eigenvalue weighted by molar-refractivity contribution is -0.120. The Morgan fingerprint density at radius 3 is 3.00 bits per heavy atom. The summed E-state index contributed by atoms with van der Waals surface area (Å²) in [5, 5.41) is 10.7. The molecule has 0 bridgehead atoms. The van der Waals surface area contributed by atoms with Gasteiger partial charge in [-0.2, -0.15) is 5.10 Å². The molecule has 4 heterocycles. The van der Waals surface area contributed by atoms with Crippen molar-refractivity contribution in [3.05, 3.63) is 53.4 Å². The van der Waals surface area contributed by atoms with Crippen LogP contribution >= 0.6 is 0 Å². The zero-order chi connectivity index (χ0) is 20.5. The highest BCUT2D eigenvalue weighted by Crippen LogP contribution is 2.33. The number of nitrogens with one attached hydrogen (secondary N) is 4. The van der Waals surface area contributed by atoms with Gasteiger partial charge in [0.2, 0.25) is 0 Å². The van der Waals surface area contributed by atoms with Crippen LogP contribution in [-0.2, 0) is 11.2 Å². The monoisotopic (exact) mass is 404 g/mol. The van der Waals surface area contributed by atoms with Gasteiger partial charge in [-0.05, 0) is 56.5 Å². The van der Waals surface area contributed by atoms with Crippen molar-refractivity contribution in [1.29, 1.82) is 0 Å². The van der Waals surface area contributed by atoms with Gasteiger partial charge in [-0.3, -0.25) is 9.79 Å². The van der Waals surface area contributed by atoms with Crippen molar-refractivity contribution in [1.82, 2.24) is 21.0 Å². The lowest BCUT2D eigenvalue weighted by atomic mass is 9.98. The van der Waals surface area contributed by atoms with Crippen molar-refractivity contribution in [2.24, 2.45) is 16.0 Å². The molecule has 30 heavy (non-hydrogen) atoms. The maximum Gasteiger partial charge on any atom is 0.254 e. The highest BCUT2D eigenvalue weighted by molar-refractivity contribution is 6.24. The summed E-state index contributed by atoms with van der Waals surface area (Å²) in [6.07, 6.45) is 12.1. The van der Waals surface area contributed by atoms with E-state index in [1.807, 2.05) is 18.2 Å². The van der Waals surface area contributed by atoms with Gasteiger partial charge in [0.15, 0.2) is 0 Å². The van der Waals surface area contributed by atoms with Crippen LogP contribution in [0.4, 0.5) is 0 Å². The molecule has 1 fully saturated rings. The van der Waals surface area contributed by atoms with Crippen molar-refractivity contribution < 1.29 is 9.21 Å². The standard InChI is InChI=1S/C22H24N6O2/c1-13-15(6-7-23-14-4-5-14)20(19-3-2-10-30-19)17(27-13)11-18-21(25-9-8-24-18)16-12-26-28-22(16)29/h2-3,8-12,14,16,23-24,27H,4-7H2,1H3,(H,28,29). The zero-order valence-electron chi connectivity index (χ0n) is 16.7. The van der Waals surface area contributed by atoms with Gasteiger partial charge in [0.1, 0.15) is 11.7 Å². The number of aliphatic imine (C=N–C) groups is 1. The number of amides is 1. The first-order chi connectivity index (χ1) is 14.7. The van der Waals surface area contributed by atoms with Gasteiger partial charge in [-0.25, -0.2) is 5.43 Å². The molecule has 1 saturated carbocycles. The summed E-state index contributed by atoms with van der Waals surface area (Å²) in [6.45, 7) is 3.01. The van der Waals surface area contributed by atoms with Crippen LogP contribution in [0.1, 0.15) is 29.8 Å². The predicted molar refractivity (Wildman–Crippen MR) is 116 cm³/mol. The molecular weight excluding hydrogens is 380 g/mol. The smallest absolute Gasteiger partial charge is 0.254 e. The number of nitrogens with zero attached hydrogens (tertiary/aromatic N) is 2. The SMILES string of the molecule is Cc1[nH]c(C=C2NC=CN=C2C2C=NNC2=O)c(-c2ccco2)c1CCNC1CC1. The van der Waals surface area contributed by atoms with E-state index in [1.54, 1.807) is 24.9 Å². The number of hydrogen-bond donors (Lipinski definition) is 4.